The summed E-state index contributed by atoms with van der Waals surface area (Å²) in [5, 5.41) is 24.4. The van der Waals surface area contributed by atoms with Gasteiger partial charge in [0.2, 0.25) is 23.6 Å². The zero-order valence-electron chi connectivity index (χ0n) is 46.8. The highest BCUT2D eigenvalue weighted by Crippen LogP contribution is 2.30. The van der Waals surface area contributed by atoms with Crippen LogP contribution in [0.15, 0.2) is 91.4 Å². The van der Waals surface area contributed by atoms with Crippen LogP contribution in [-0.2, 0) is 70.3 Å². The van der Waals surface area contributed by atoms with Gasteiger partial charge in [-0.15, -0.1) is 0 Å². The number of hydrogen-bond donors (Lipinski definition) is 6. The predicted octanol–water partition coefficient (Wildman–Crippen LogP) is 4.33. The first-order valence-corrected chi connectivity index (χ1v) is 28.0. The number of benzene rings is 2. The number of urea groups is 1. The Balaban J connectivity index is 0.865. The highest BCUT2D eigenvalue weighted by molar-refractivity contribution is 6.14. The van der Waals surface area contributed by atoms with Crippen LogP contribution in [0.4, 0.5) is 10.5 Å². The third kappa shape index (κ3) is 22.1. The van der Waals surface area contributed by atoms with E-state index in [0.29, 0.717) is 136 Å². The number of ether oxygens (including phenoxy) is 6. The van der Waals surface area contributed by atoms with E-state index < -0.39 is 42.1 Å². The van der Waals surface area contributed by atoms with Crippen LogP contribution in [-0.4, -0.2) is 179 Å². The minimum absolute atomic E-state index is 0.118. The maximum Gasteiger partial charge on any atom is 0.322 e. The molecule has 23 nitrogen and oxygen atoms in total. The van der Waals surface area contributed by atoms with E-state index in [4.69, 9.17) is 33.8 Å². The number of pyridine rings is 2. The fourth-order valence-electron chi connectivity index (χ4n) is 9.01. The molecule has 4 heterocycles. The predicted molar refractivity (Wildman–Crippen MR) is 305 cm³/mol. The molecule has 0 spiro atoms. The molecule has 0 fully saturated rings. The van der Waals surface area contributed by atoms with Crippen LogP contribution >= 0.6 is 0 Å². The van der Waals surface area contributed by atoms with Crippen molar-refractivity contribution in [3.63, 3.8) is 0 Å². The minimum Gasteiger partial charge on any atom is -0.382 e. The molecule has 4 aromatic rings. The molecule has 6 rings (SSSR count). The van der Waals surface area contributed by atoms with Gasteiger partial charge in [-0.3, -0.25) is 43.6 Å². The van der Waals surface area contributed by atoms with Crippen LogP contribution in [0.25, 0.3) is 10.9 Å². The molecule has 0 saturated carbocycles. The number of imide groups is 1. The Morgan fingerprint density at radius 2 is 1.24 bits per heavy atom. The number of rotatable bonds is 40. The normalized spacial score (nSPS) is 13.5. The van der Waals surface area contributed by atoms with Gasteiger partial charge in [-0.25, -0.2) is 4.79 Å². The average Bonchev–Trinajstić information content (AvgIpc) is 4.14. The summed E-state index contributed by atoms with van der Waals surface area (Å²) in [5.41, 5.74) is 5.05. The van der Waals surface area contributed by atoms with E-state index in [-0.39, 0.29) is 49.4 Å². The molecular weight excluding hydrogens is 1060 g/mol. The van der Waals surface area contributed by atoms with Gasteiger partial charge in [-0.1, -0.05) is 43.2 Å². The summed E-state index contributed by atoms with van der Waals surface area (Å²) in [6.45, 7) is 6.21. The molecule has 23 heteroatoms. The summed E-state index contributed by atoms with van der Waals surface area (Å²) in [4.78, 5) is 101. The maximum atomic E-state index is 14.1. The fraction of sp³-hybridized carbons (Fsp3) is 0.492. The number of nitrogens with one attached hydrogen (secondary N) is 6. The molecule has 0 bridgehead atoms. The third-order valence-electron chi connectivity index (χ3n) is 13.5. The molecular formula is C59H78N10O13. The number of nitrogens with zero attached hydrogens (tertiary/aromatic N) is 4. The van der Waals surface area contributed by atoms with E-state index >= 15 is 0 Å². The van der Waals surface area contributed by atoms with Gasteiger partial charge >= 0.3 is 6.03 Å². The molecule has 0 saturated heterocycles. The first-order chi connectivity index (χ1) is 40.0. The van der Waals surface area contributed by atoms with Crippen LogP contribution in [0.2, 0.25) is 0 Å². The molecule has 0 aliphatic carbocycles. The van der Waals surface area contributed by atoms with E-state index in [1.54, 1.807) is 54.9 Å². The van der Waals surface area contributed by atoms with Gasteiger partial charge in [0.25, 0.3) is 11.8 Å². The molecule has 8 amide bonds. The van der Waals surface area contributed by atoms with Crippen molar-refractivity contribution >= 4 is 63.8 Å². The summed E-state index contributed by atoms with van der Waals surface area (Å²) in [6.07, 6.45) is 11.7. The summed E-state index contributed by atoms with van der Waals surface area (Å²) >= 11 is 0. The Kier molecular flexibility index (Phi) is 28.0. The number of amides is 8. The number of carbonyl (C=O) groups excluding carboxylic acids is 7. The zero-order valence-corrected chi connectivity index (χ0v) is 46.8. The molecule has 6 N–H and O–H groups in total. The zero-order chi connectivity index (χ0) is 58.2. The van der Waals surface area contributed by atoms with E-state index in [0.717, 1.165) is 57.5 Å². The summed E-state index contributed by atoms with van der Waals surface area (Å²) in [6, 6.07) is 17.2. The molecule has 0 radical (unpaired) electrons. The summed E-state index contributed by atoms with van der Waals surface area (Å²) < 4.78 is 32.1. The Hall–Kier alpha value is -7.54. The number of aromatic nitrogens is 2. The Bertz CT molecular complexity index is 2700. The second-order valence-corrected chi connectivity index (χ2v) is 19.5. The van der Waals surface area contributed by atoms with E-state index in [2.05, 4.69) is 36.6 Å². The average molecular weight is 1140 g/mol. The topological polar surface area (TPSA) is 291 Å². The Morgan fingerprint density at radius 3 is 1.90 bits per heavy atom. The maximum absolute atomic E-state index is 14.1. The number of methoxy groups -OCH3 is 1. The number of unbranched alkanes of at least 4 members (excludes halogenated alkanes) is 4. The molecule has 1 unspecified atom stereocenters. The number of hydrogen-bond acceptors (Lipinski definition) is 16. The van der Waals surface area contributed by atoms with Crippen LogP contribution in [0.1, 0.15) is 86.0 Å². The first-order valence-electron chi connectivity index (χ1n) is 28.0. The van der Waals surface area contributed by atoms with Gasteiger partial charge in [-0.05, 0) is 84.7 Å². The van der Waals surface area contributed by atoms with E-state index in [1.807, 2.05) is 36.4 Å². The molecule has 2 aromatic carbocycles. The fourth-order valence-corrected chi connectivity index (χ4v) is 9.01. The van der Waals surface area contributed by atoms with Crippen molar-refractivity contribution < 1.29 is 62.0 Å². The Labute approximate surface area is 478 Å². The van der Waals surface area contributed by atoms with Crippen LogP contribution in [0, 0.1) is 5.41 Å². The third-order valence-corrected chi connectivity index (χ3v) is 13.5. The lowest BCUT2D eigenvalue weighted by molar-refractivity contribution is -0.141. The highest BCUT2D eigenvalue weighted by atomic mass is 16.6. The largest absolute Gasteiger partial charge is 0.382 e. The minimum atomic E-state index is -0.950. The van der Waals surface area contributed by atoms with Gasteiger partial charge in [0.05, 0.1) is 84.1 Å². The standard InChI is InChI=1S/C59H78N10O13/c1-77-28-29-79-32-33-81-36-37-82-35-34-80-31-30-78-27-21-53(70)63-22-7-4-12-52(67-54(71)42-69-55(72)18-19-56(69)73)58(75)65-24-6-3-2-5-23-64-57(74)49(47-10-8-13-51-48(47)11-9-25-62-51)38-50(60)43-14-16-46(17-15-43)66-59(76)68-40-44-20-26-61-39-45(44)41-68/h8-11,13-20,25-26,39,49,52,60H,2-7,12,21-24,27-38,40-42H2,1H3,(H,63,70)(H,64,74)(H,65,75)(H,66,76)(H,67,71)/t49?,52-/m0/s1. The molecule has 2 atom stereocenters. The first kappa shape index (κ1) is 63.6. The second kappa shape index (κ2) is 36.0. The van der Waals surface area contributed by atoms with Crippen molar-refractivity contribution in [3.8, 4) is 0 Å². The van der Waals surface area contributed by atoms with Crippen molar-refractivity contribution in [2.75, 3.05) is 111 Å². The lowest BCUT2D eigenvalue weighted by Gasteiger charge is -2.20. The molecule has 442 valence electrons. The van der Waals surface area contributed by atoms with Crippen LogP contribution in [0.3, 0.4) is 0 Å². The Morgan fingerprint density at radius 1 is 0.634 bits per heavy atom. The van der Waals surface area contributed by atoms with Gasteiger partial charge in [-0.2, -0.15) is 0 Å². The van der Waals surface area contributed by atoms with Gasteiger partial charge in [0.1, 0.15) is 12.6 Å². The van der Waals surface area contributed by atoms with Crippen molar-refractivity contribution in [2.24, 2.45) is 0 Å². The van der Waals surface area contributed by atoms with Crippen molar-refractivity contribution in [1.29, 1.82) is 5.41 Å². The smallest absolute Gasteiger partial charge is 0.322 e. The molecule has 2 aromatic heterocycles. The lowest BCUT2D eigenvalue weighted by Crippen LogP contribution is -2.50. The van der Waals surface area contributed by atoms with Crippen LogP contribution < -0.4 is 26.6 Å². The van der Waals surface area contributed by atoms with Crippen molar-refractivity contribution in [3.05, 3.63) is 114 Å². The molecule has 82 heavy (non-hydrogen) atoms. The van der Waals surface area contributed by atoms with Crippen molar-refractivity contribution in [2.45, 2.75) is 82.8 Å². The summed E-state index contributed by atoms with van der Waals surface area (Å²) in [5.74, 6) is -3.40. The molecule has 2 aliphatic rings. The summed E-state index contributed by atoms with van der Waals surface area (Å²) in [7, 11) is 1.62. The number of fused-ring (bicyclic) bond motifs is 2. The van der Waals surface area contributed by atoms with Crippen LogP contribution in [0.5, 0.6) is 0 Å². The molecule has 2 aliphatic heterocycles. The van der Waals surface area contributed by atoms with Gasteiger partial charge in [0, 0.05) is 100 Å². The van der Waals surface area contributed by atoms with Gasteiger partial charge in [0.15, 0.2) is 0 Å². The second-order valence-electron chi connectivity index (χ2n) is 19.5. The quantitative estimate of drug-likeness (QED) is 0.0205. The monoisotopic (exact) mass is 1130 g/mol. The van der Waals surface area contributed by atoms with Gasteiger partial charge < -0.3 is 65.3 Å². The number of anilines is 1. The highest BCUT2D eigenvalue weighted by Gasteiger charge is 2.29. The lowest BCUT2D eigenvalue weighted by atomic mass is 9.88. The van der Waals surface area contributed by atoms with E-state index in [9.17, 15) is 33.6 Å². The number of carbonyl (C=O) groups is 7. The van der Waals surface area contributed by atoms with E-state index in [1.165, 1.54) is 0 Å². The SMILES string of the molecule is COCCOCCOCCOCCOCCOCCC(=O)NCCCC[C@H](NC(=O)CN1C(=O)C=CC1=O)C(=O)NCCCCCCNC(=O)C(CC(=N)c1ccc(NC(=O)N2Cc3ccncc3C2)cc1)c1cccc2ncccc12. The van der Waals surface area contributed by atoms with Crippen molar-refractivity contribution in [1.82, 2.24) is 41.0 Å².